The van der Waals surface area contributed by atoms with E-state index < -0.39 is 5.97 Å². The SMILES string of the molecule is Cn1cc(C2CC(OC(=O)c3cncnc3-c3ccccc3)CCO2)cn1. The van der Waals surface area contributed by atoms with Crippen LogP contribution < -0.4 is 0 Å². The molecular weight excluding hydrogens is 344 g/mol. The molecule has 0 radical (unpaired) electrons. The molecule has 0 N–H and O–H groups in total. The van der Waals surface area contributed by atoms with E-state index in [2.05, 4.69) is 15.1 Å². The highest BCUT2D eigenvalue weighted by molar-refractivity contribution is 5.95. The molecule has 27 heavy (non-hydrogen) atoms. The average molecular weight is 364 g/mol. The van der Waals surface area contributed by atoms with Gasteiger partial charge in [0.1, 0.15) is 18.0 Å². The number of esters is 1. The Bertz CT molecular complexity index is 926. The van der Waals surface area contributed by atoms with Crippen LogP contribution >= 0.6 is 0 Å². The second-order valence-corrected chi connectivity index (χ2v) is 6.51. The average Bonchev–Trinajstić information content (AvgIpc) is 3.15. The molecule has 3 heterocycles. The fourth-order valence-electron chi connectivity index (χ4n) is 3.23. The van der Waals surface area contributed by atoms with Crippen LogP contribution in [-0.4, -0.2) is 38.4 Å². The van der Waals surface area contributed by atoms with Crippen molar-refractivity contribution in [1.29, 1.82) is 0 Å². The van der Waals surface area contributed by atoms with E-state index in [1.165, 1.54) is 12.5 Å². The van der Waals surface area contributed by atoms with Crippen molar-refractivity contribution in [3.05, 3.63) is 66.4 Å². The zero-order valence-corrected chi connectivity index (χ0v) is 15.0. The van der Waals surface area contributed by atoms with Crippen LogP contribution in [0.25, 0.3) is 11.3 Å². The van der Waals surface area contributed by atoms with Gasteiger partial charge in [0.05, 0.1) is 24.6 Å². The summed E-state index contributed by atoms with van der Waals surface area (Å²) in [5.41, 5.74) is 2.79. The van der Waals surface area contributed by atoms with E-state index in [1.54, 1.807) is 10.9 Å². The summed E-state index contributed by atoms with van der Waals surface area (Å²) in [5.74, 6) is -0.411. The predicted octanol–water partition coefficient (Wildman–Crippen LogP) is 2.95. The lowest BCUT2D eigenvalue weighted by molar-refractivity contribution is -0.0564. The van der Waals surface area contributed by atoms with Gasteiger partial charge in [-0.15, -0.1) is 0 Å². The van der Waals surface area contributed by atoms with E-state index in [1.807, 2.05) is 43.6 Å². The smallest absolute Gasteiger partial charge is 0.342 e. The monoisotopic (exact) mass is 364 g/mol. The lowest BCUT2D eigenvalue weighted by Crippen LogP contribution is -2.28. The van der Waals surface area contributed by atoms with E-state index in [4.69, 9.17) is 9.47 Å². The topological polar surface area (TPSA) is 79.1 Å². The Morgan fingerprint density at radius 1 is 1.26 bits per heavy atom. The number of ether oxygens (including phenoxy) is 2. The molecule has 2 unspecified atom stereocenters. The summed E-state index contributed by atoms with van der Waals surface area (Å²) in [6, 6.07) is 9.55. The number of hydrogen-bond acceptors (Lipinski definition) is 6. The molecule has 0 bridgehead atoms. The number of rotatable bonds is 4. The Morgan fingerprint density at radius 2 is 2.11 bits per heavy atom. The Kier molecular flexibility index (Phi) is 4.93. The third kappa shape index (κ3) is 3.88. The van der Waals surface area contributed by atoms with Gasteiger partial charge in [0.2, 0.25) is 0 Å². The number of benzene rings is 1. The third-order valence-corrected chi connectivity index (χ3v) is 4.59. The molecule has 1 aliphatic rings. The van der Waals surface area contributed by atoms with Crippen LogP contribution in [0.5, 0.6) is 0 Å². The van der Waals surface area contributed by atoms with Crippen molar-refractivity contribution in [3.8, 4) is 11.3 Å². The molecule has 1 aromatic carbocycles. The van der Waals surface area contributed by atoms with Gasteiger partial charge in [0.15, 0.2) is 0 Å². The summed E-state index contributed by atoms with van der Waals surface area (Å²) in [4.78, 5) is 21.1. The van der Waals surface area contributed by atoms with Crippen LogP contribution in [0.1, 0.15) is 34.9 Å². The Labute approximate surface area is 157 Å². The van der Waals surface area contributed by atoms with E-state index in [0.717, 1.165) is 11.1 Å². The van der Waals surface area contributed by atoms with Gasteiger partial charge >= 0.3 is 5.97 Å². The van der Waals surface area contributed by atoms with Crippen LogP contribution in [0.3, 0.4) is 0 Å². The third-order valence-electron chi connectivity index (χ3n) is 4.59. The molecular formula is C20H20N4O3. The number of aryl methyl sites for hydroxylation is 1. The maximum Gasteiger partial charge on any atom is 0.342 e. The molecule has 1 saturated heterocycles. The molecule has 2 atom stereocenters. The van der Waals surface area contributed by atoms with Gasteiger partial charge in [-0.1, -0.05) is 30.3 Å². The first kappa shape index (κ1) is 17.4. The summed E-state index contributed by atoms with van der Waals surface area (Å²) in [6.45, 7) is 0.536. The van der Waals surface area contributed by atoms with Gasteiger partial charge in [0.25, 0.3) is 0 Å². The summed E-state index contributed by atoms with van der Waals surface area (Å²) in [7, 11) is 1.87. The summed E-state index contributed by atoms with van der Waals surface area (Å²) >= 11 is 0. The Balaban J connectivity index is 1.50. The zero-order chi connectivity index (χ0) is 18.6. The molecule has 1 aliphatic heterocycles. The number of hydrogen-bond donors (Lipinski definition) is 0. The highest BCUT2D eigenvalue weighted by Gasteiger charge is 2.28. The molecule has 3 aromatic rings. The molecule has 0 amide bonds. The van der Waals surface area contributed by atoms with Crippen LogP contribution in [0.4, 0.5) is 0 Å². The summed E-state index contributed by atoms with van der Waals surface area (Å²) in [6.07, 6.45) is 7.58. The molecule has 7 heteroatoms. The van der Waals surface area contributed by atoms with Crippen LogP contribution in [-0.2, 0) is 16.5 Å². The van der Waals surface area contributed by atoms with Crippen LogP contribution in [0.15, 0.2) is 55.2 Å². The number of nitrogens with zero attached hydrogens (tertiary/aromatic N) is 4. The van der Waals surface area contributed by atoms with Crippen molar-refractivity contribution in [2.24, 2.45) is 7.05 Å². The normalized spacial score (nSPS) is 19.6. The first-order valence-corrected chi connectivity index (χ1v) is 8.87. The Hall–Kier alpha value is -3.06. The zero-order valence-electron chi connectivity index (χ0n) is 15.0. The van der Waals surface area contributed by atoms with Crippen molar-refractivity contribution in [1.82, 2.24) is 19.7 Å². The molecule has 0 spiro atoms. The fourth-order valence-corrected chi connectivity index (χ4v) is 3.23. The maximum absolute atomic E-state index is 12.8. The molecule has 138 valence electrons. The van der Waals surface area contributed by atoms with Gasteiger partial charge in [0, 0.05) is 43.4 Å². The number of aromatic nitrogens is 4. The lowest BCUT2D eigenvalue weighted by Gasteiger charge is -2.28. The molecule has 4 rings (SSSR count). The van der Waals surface area contributed by atoms with Crippen molar-refractivity contribution < 1.29 is 14.3 Å². The highest BCUT2D eigenvalue weighted by atomic mass is 16.6. The van der Waals surface area contributed by atoms with E-state index in [9.17, 15) is 4.79 Å². The second kappa shape index (κ2) is 7.67. The van der Waals surface area contributed by atoms with Crippen molar-refractivity contribution >= 4 is 5.97 Å². The quantitative estimate of drug-likeness (QED) is 0.662. The first-order chi connectivity index (χ1) is 13.2. The standard InChI is InChI=1S/C20H20N4O3/c1-24-12-15(10-23-24)18-9-16(7-8-26-18)27-20(25)17-11-21-13-22-19(17)14-5-3-2-4-6-14/h2-6,10-13,16,18H,7-9H2,1H3. The summed E-state index contributed by atoms with van der Waals surface area (Å²) < 4.78 is 13.3. The van der Waals surface area contributed by atoms with Crippen molar-refractivity contribution in [2.45, 2.75) is 25.0 Å². The Morgan fingerprint density at radius 3 is 2.89 bits per heavy atom. The molecule has 1 fully saturated rings. The first-order valence-electron chi connectivity index (χ1n) is 8.87. The highest BCUT2D eigenvalue weighted by Crippen LogP contribution is 2.30. The second-order valence-electron chi connectivity index (χ2n) is 6.51. The van der Waals surface area contributed by atoms with Gasteiger partial charge < -0.3 is 9.47 Å². The minimum atomic E-state index is -0.411. The van der Waals surface area contributed by atoms with Gasteiger partial charge in [-0.25, -0.2) is 14.8 Å². The maximum atomic E-state index is 12.8. The summed E-state index contributed by atoms with van der Waals surface area (Å²) in [5, 5.41) is 4.18. The van der Waals surface area contributed by atoms with E-state index in [0.29, 0.717) is 30.7 Å². The lowest BCUT2D eigenvalue weighted by atomic mass is 10.0. The molecule has 2 aromatic heterocycles. The fraction of sp³-hybridized carbons (Fsp3) is 0.300. The molecule has 0 aliphatic carbocycles. The van der Waals surface area contributed by atoms with Gasteiger partial charge in [-0.05, 0) is 0 Å². The number of carbonyl (C=O) groups is 1. The largest absolute Gasteiger partial charge is 0.458 e. The molecule has 7 nitrogen and oxygen atoms in total. The van der Waals surface area contributed by atoms with E-state index >= 15 is 0 Å². The van der Waals surface area contributed by atoms with Gasteiger partial charge in [-0.2, -0.15) is 5.10 Å². The van der Waals surface area contributed by atoms with Crippen LogP contribution in [0, 0.1) is 0 Å². The van der Waals surface area contributed by atoms with Crippen molar-refractivity contribution in [3.63, 3.8) is 0 Å². The minimum Gasteiger partial charge on any atom is -0.458 e. The van der Waals surface area contributed by atoms with Gasteiger partial charge in [-0.3, -0.25) is 4.68 Å². The minimum absolute atomic E-state index is 0.120. The molecule has 0 saturated carbocycles. The number of carbonyl (C=O) groups excluding carboxylic acids is 1. The van der Waals surface area contributed by atoms with E-state index in [-0.39, 0.29) is 12.2 Å². The van der Waals surface area contributed by atoms with Crippen LogP contribution in [0.2, 0.25) is 0 Å². The van der Waals surface area contributed by atoms with Crippen molar-refractivity contribution in [2.75, 3.05) is 6.61 Å². The predicted molar refractivity (Wildman–Crippen MR) is 97.8 cm³/mol.